The zero-order valence-electron chi connectivity index (χ0n) is 19.9. The zero-order chi connectivity index (χ0) is 24.6. The highest BCUT2D eigenvalue weighted by Crippen LogP contribution is 2.41. The lowest BCUT2D eigenvalue weighted by Crippen LogP contribution is -2.56. The van der Waals surface area contributed by atoms with Gasteiger partial charge in [0, 0.05) is 20.6 Å². The quantitative estimate of drug-likeness (QED) is 0.674. The highest BCUT2D eigenvalue weighted by molar-refractivity contribution is 7.89. The van der Waals surface area contributed by atoms with Gasteiger partial charge in [0.2, 0.25) is 21.8 Å². The summed E-state index contributed by atoms with van der Waals surface area (Å²) in [7, 11) is 0.730. The minimum atomic E-state index is -3.71. The van der Waals surface area contributed by atoms with Crippen LogP contribution in [0.4, 0.5) is 17.1 Å². The number of piperidine rings is 1. The van der Waals surface area contributed by atoms with Crippen molar-refractivity contribution in [3.05, 3.63) is 42.0 Å². The van der Waals surface area contributed by atoms with Crippen molar-refractivity contribution in [1.29, 1.82) is 0 Å². The molecule has 1 N–H and O–H groups in total. The number of methoxy groups -OCH3 is 1. The molecule has 1 unspecified atom stereocenters. The van der Waals surface area contributed by atoms with Crippen molar-refractivity contribution < 1.29 is 22.7 Å². The number of carbonyl (C=O) groups excluding carboxylic acids is 2. The third-order valence-electron chi connectivity index (χ3n) is 6.31. The van der Waals surface area contributed by atoms with E-state index in [1.165, 1.54) is 32.2 Å². The number of hydrogen-bond acceptors (Lipinski definition) is 6. The molecule has 34 heavy (non-hydrogen) atoms. The molecule has 1 saturated heterocycles. The van der Waals surface area contributed by atoms with Gasteiger partial charge in [-0.05, 0) is 62.1 Å². The van der Waals surface area contributed by atoms with Crippen molar-refractivity contribution in [3.8, 4) is 5.75 Å². The van der Waals surface area contributed by atoms with Gasteiger partial charge >= 0.3 is 0 Å². The Balaban J connectivity index is 1.71. The molecule has 2 aliphatic heterocycles. The van der Waals surface area contributed by atoms with Gasteiger partial charge in [0.25, 0.3) is 0 Å². The molecule has 10 heteroatoms. The van der Waals surface area contributed by atoms with Crippen LogP contribution in [0.25, 0.3) is 0 Å². The van der Waals surface area contributed by atoms with Crippen LogP contribution in [0.5, 0.6) is 5.75 Å². The van der Waals surface area contributed by atoms with Crippen molar-refractivity contribution in [3.63, 3.8) is 0 Å². The topological polar surface area (TPSA) is 99.3 Å². The minimum absolute atomic E-state index is 0.0743. The summed E-state index contributed by atoms with van der Waals surface area (Å²) < 4.78 is 32.0. The number of nitrogens with one attached hydrogen (secondary N) is 1. The third kappa shape index (κ3) is 4.35. The molecule has 4 rings (SSSR count). The van der Waals surface area contributed by atoms with E-state index in [1.54, 1.807) is 24.3 Å². The van der Waals surface area contributed by atoms with Gasteiger partial charge in [-0.15, -0.1) is 0 Å². The maximum absolute atomic E-state index is 13.5. The summed E-state index contributed by atoms with van der Waals surface area (Å²) in [6.07, 6.45) is 2.57. The molecule has 182 valence electrons. The molecule has 2 amide bonds. The Morgan fingerprint density at radius 3 is 2.62 bits per heavy atom. The molecule has 2 aliphatic rings. The predicted octanol–water partition coefficient (Wildman–Crippen LogP) is 2.60. The monoisotopic (exact) mass is 486 g/mol. The van der Waals surface area contributed by atoms with E-state index in [0.717, 1.165) is 28.4 Å². The summed E-state index contributed by atoms with van der Waals surface area (Å²) in [5.74, 6) is -0.0755. The van der Waals surface area contributed by atoms with E-state index in [-0.39, 0.29) is 23.4 Å². The van der Waals surface area contributed by atoms with Crippen LogP contribution in [0.15, 0.2) is 41.3 Å². The number of anilines is 3. The fourth-order valence-corrected chi connectivity index (χ4v) is 5.45. The third-order valence-corrected chi connectivity index (χ3v) is 8.12. The van der Waals surface area contributed by atoms with Gasteiger partial charge in [-0.2, -0.15) is 0 Å². The molecule has 0 radical (unpaired) electrons. The Kier molecular flexibility index (Phi) is 6.55. The fraction of sp³-hybridized carbons (Fsp3) is 0.417. The summed E-state index contributed by atoms with van der Waals surface area (Å²) in [4.78, 5) is 30.1. The first kappa shape index (κ1) is 24.0. The van der Waals surface area contributed by atoms with Crippen LogP contribution in [-0.4, -0.2) is 64.9 Å². The number of carbonyl (C=O) groups is 2. The smallest absolute Gasteiger partial charge is 0.250 e. The van der Waals surface area contributed by atoms with E-state index >= 15 is 0 Å². The molecular weight excluding hydrogens is 456 g/mol. The number of amides is 2. The lowest BCUT2D eigenvalue weighted by molar-refractivity contribution is -0.123. The molecule has 9 nitrogen and oxygen atoms in total. The van der Waals surface area contributed by atoms with Crippen LogP contribution >= 0.6 is 0 Å². The first-order valence-corrected chi connectivity index (χ1v) is 12.7. The van der Waals surface area contributed by atoms with Crippen molar-refractivity contribution in [1.82, 2.24) is 4.31 Å². The first-order chi connectivity index (χ1) is 16.1. The minimum Gasteiger partial charge on any atom is -0.495 e. The van der Waals surface area contributed by atoms with E-state index in [2.05, 4.69) is 5.32 Å². The normalized spacial score (nSPS) is 17.9. The number of hydrogen-bond donors (Lipinski definition) is 1. The van der Waals surface area contributed by atoms with Crippen LogP contribution in [0.2, 0.25) is 0 Å². The summed E-state index contributed by atoms with van der Waals surface area (Å²) in [5, 5.41) is 2.84. The Morgan fingerprint density at radius 1 is 1.15 bits per heavy atom. The van der Waals surface area contributed by atoms with Gasteiger partial charge < -0.3 is 15.0 Å². The summed E-state index contributed by atoms with van der Waals surface area (Å²) in [6, 6.07) is 9.88. The first-order valence-electron chi connectivity index (χ1n) is 11.2. The number of ether oxygens (including phenoxy) is 1. The Labute approximate surface area is 200 Å². The lowest BCUT2D eigenvalue weighted by Gasteiger charge is -2.45. The van der Waals surface area contributed by atoms with Gasteiger partial charge in [0.05, 0.1) is 29.1 Å². The zero-order valence-corrected chi connectivity index (χ0v) is 20.7. The number of benzene rings is 2. The van der Waals surface area contributed by atoms with Crippen LogP contribution < -0.4 is 19.9 Å². The summed E-state index contributed by atoms with van der Waals surface area (Å²) in [6.45, 7) is 2.38. The maximum Gasteiger partial charge on any atom is 0.250 e. The van der Waals surface area contributed by atoms with E-state index in [1.807, 2.05) is 17.9 Å². The van der Waals surface area contributed by atoms with Crippen molar-refractivity contribution in [2.75, 3.05) is 49.4 Å². The average molecular weight is 487 g/mol. The second kappa shape index (κ2) is 9.27. The van der Waals surface area contributed by atoms with E-state index < -0.39 is 15.9 Å². The van der Waals surface area contributed by atoms with Crippen LogP contribution in [0, 0.1) is 6.92 Å². The number of fused-ring (bicyclic) bond motifs is 3. The Morgan fingerprint density at radius 2 is 1.91 bits per heavy atom. The van der Waals surface area contributed by atoms with Crippen molar-refractivity contribution in [2.24, 2.45) is 0 Å². The standard InChI is InChI=1S/C24H30N4O5S/c1-16-8-11-22(33-4)18(13-16)25-23(29)15-28-21-14-17(34(31,32)26(2)3)9-10-19(21)27-12-6-5-7-20(27)24(28)30/h8-11,13-14,20H,5-7,12,15H2,1-4H3,(H,25,29). The molecule has 0 aromatic heterocycles. The highest BCUT2D eigenvalue weighted by Gasteiger charge is 2.40. The molecule has 1 fully saturated rings. The molecule has 2 aromatic carbocycles. The molecule has 0 aliphatic carbocycles. The molecule has 0 spiro atoms. The lowest BCUT2D eigenvalue weighted by atomic mass is 9.96. The van der Waals surface area contributed by atoms with Gasteiger partial charge in [-0.3, -0.25) is 14.5 Å². The number of aryl methyl sites for hydroxylation is 1. The molecule has 1 atom stereocenters. The molecule has 2 heterocycles. The van der Waals surface area contributed by atoms with Gasteiger partial charge in [-0.1, -0.05) is 6.07 Å². The molecule has 0 saturated carbocycles. The molecule has 2 aromatic rings. The number of rotatable bonds is 6. The number of nitrogens with zero attached hydrogens (tertiary/aromatic N) is 3. The maximum atomic E-state index is 13.5. The number of sulfonamides is 1. The second-order valence-corrected chi connectivity index (χ2v) is 11.0. The Hall–Kier alpha value is -3.11. The van der Waals surface area contributed by atoms with Crippen molar-refractivity contribution >= 4 is 38.9 Å². The van der Waals surface area contributed by atoms with E-state index in [4.69, 9.17) is 4.74 Å². The van der Waals surface area contributed by atoms with E-state index in [9.17, 15) is 18.0 Å². The van der Waals surface area contributed by atoms with Gasteiger partial charge in [0.15, 0.2) is 0 Å². The van der Waals surface area contributed by atoms with Crippen LogP contribution in [0.1, 0.15) is 24.8 Å². The predicted molar refractivity (Wildman–Crippen MR) is 131 cm³/mol. The fourth-order valence-electron chi connectivity index (χ4n) is 4.52. The summed E-state index contributed by atoms with van der Waals surface area (Å²) >= 11 is 0. The van der Waals surface area contributed by atoms with Crippen LogP contribution in [0.3, 0.4) is 0 Å². The molecular formula is C24H30N4O5S. The van der Waals surface area contributed by atoms with Crippen LogP contribution in [-0.2, 0) is 19.6 Å². The Bertz CT molecular complexity index is 1230. The highest BCUT2D eigenvalue weighted by atomic mass is 32.2. The average Bonchev–Trinajstić information content (AvgIpc) is 2.81. The second-order valence-electron chi connectivity index (χ2n) is 8.82. The van der Waals surface area contributed by atoms with E-state index in [0.29, 0.717) is 30.1 Å². The van der Waals surface area contributed by atoms with Gasteiger partial charge in [0.1, 0.15) is 18.3 Å². The van der Waals surface area contributed by atoms with Gasteiger partial charge in [-0.25, -0.2) is 12.7 Å². The summed E-state index contributed by atoms with van der Waals surface area (Å²) in [5.41, 5.74) is 2.66. The SMILES string of the molecule is COc1ccc(C)cc1NC(=O)CN1C(=O)C2CCCCN2c2ccc(S(=O)(=O)N(C)C)cc21. The molecule has 0 bridgehead atoms. The largest absolute Gasteiger partial charge is 0.495 e. The van der Waals surface area contributed by atoms with Crippen molar-refractivity contribution in [2.45, 2.75) is 37.1 Å².